The zero-order valence-electron chi connectivity index (χ0n) is 12.4. The largest absolute Gasteiger partial charge is 0.310 e. The monoisotopic (exact) mass is 291 g/mol. The lowest BCUT2D eigenvalue weighted by atomic mass is 10.1. The normalized spacial score (nSPS) is 12.6. The molecule has 1 N–H and O–H groups in total. The maximum absolute atomic E-state index is 13.2. The van der Waals surface area contributed by atoms with E-state index in [9.17, 15) is 4.39 Å². The van der Waals surface area contributed by atoms with E-state index < -0.39 is 0 Å². The van der Waals surface area contributed by atoms with Crippen LogP contribution in [0, 0.1) is 12.7 Å². The molecule has 108 valence electrons. The highest BCUT2D eigenvalue weighted by molar-refractivity contribution is 7.15. The van der Waals surface area contributed by atoms with E-state index in [0.29, 0.717) is 6.04 Å². The summed E-state index contributed by atoms with van der Waals surface area (Å²) < 4.78 is 13.2. The first-order chi connectivity index (χ1) is 9.65. The molecule has 20 heavy (non-hydrogen) atoms. The van der Waals surface area contributed by atoms with Gasteiger partial charge in [0, 0.05) is 15.8 Å². The van der Waals surface area contributed by atoms with Gasteiger partial charge in [-0.05, 0) is 55.3 Å². The number of nitrogens with one attached hydrogen (secondary N) is 1. The summed E-state index contributed by atoms with van der Waals surface area (Å²) in [5.41, 5.74) is 2.13. The van der Waals surface area contributed by atoms with Gasteiger partial charge in [0.1, 0.15) is 5.82 Å². The second-order valence-electron chi connectivity index (χ2n) is 5.06. The van der Waals surface area contributed by atoms with Gasteiger partial charge in [-0.15, -0.1) is 11.3 Å². The van der Waals surface area contributed by atoms with Crippen molar-refractivity contribution in [2.75, 3.05) is 6.54 Å². The first-order valence-corrected chi connectivity index (χ1v) is 8.07. The van der Waals surface area contributed by atoms with Crippen LogP contribution in [0.25, 0.3) is 10.4 Å². The number of hydrogen-bond acceptors (Lipinski definition) is 2. The Bertz CT molecular complexity index is 556. The van der Waals surface area contributed by atoms with E-state index in [0.717, 1.165) is 24.1 Å². The van der Waals surface area contributed by atoms with Gasteiger partial charge in [0.25, 0.3) is 0 Å². The van der Waals surface area contributed by atoms with Crippen LogP contribution in [-0.2, 0) is 0 Å². The molecule has 0 saturated carbocycles. The van der Waals surface area contributed by atoms with Crippen LogP contribution in [0.3, 0.4) is 0 Å². The molecule has 0 saturated heterocycles. The van der Waals surface area contributed by atoms with Crippen LogP contribution in [0.1, 0.15) is 43.2 Å². The Balaban J connectivity index is 2.27. The van der Waals surface area contributed by atoms with Crippen molar-refractivity contribution in [1.29, 1.82) is 0 Å². The molecule has 3 heteroatoms. The summed E-state index contributed by atoms with van der Waals surface area (Å²) in [5.74, 6) is -0.167. The number of rotatable bonds is 6. The molecule has 1 atom stereocenters. The highest BCUT2D eigenvalue weighted by atomic mass is 32.1. The zero-order valence-corrected chi connectivity index (χ0v) is 13.2. The molecule has 0 spiro atoms. The first-order valence-electron chi connectivity index (χ1n) is 7.25. The van der Waals surface area contributed by atoms with E-state index in [1.54, 1.807) is 6.07 Å². The fraction of sp³-hybridized carbons (Fsp3) is 0.412. The Labute approximate surface area is 124 Å². The molecule has 2 rings (SSSR count). The summed E-state index contributed by atoms with van der Waals surface area (Å²) in [5, 5.41) is 3.54. The Hall–Kier alpha value is -1.19. The minimum atomic E-state index is -0.167. The van der Waals surface area contributed by atoms with Crippen molar-refractivity contribution in [3.63, 3.8) is 0 Å². The van der Waals surface area contributed by atoms with Crippen molar-refractivity contribution in [3.05, 3.63) is 46.6 Å². The highest BCUT2D eigenvalue weighted by Gasteiger charge is 2.13. The number of thiophene rings is 1. The van der Waals surface area contributed by atoms with E-state index in [4.69, 9.17) is 0 Å². The lowest BCUT2D eigenvalue weighted by Gasteiger charge is -2.15. The summed E-state index contributed by atoms with van der Waals surface area (Å²) >= 11 is 1.81. The van der Waals surface area contributed by atoms with Gasteiger partial charge in [-0.3, -0.25) is 0 Å². The Morgan fingerprint density at radius 1 is 1.20 bits per heavy atom. The van der Waals surface area contributed by atoms with Crippen molar-refractivity contribution in [1.82, 2.24) is 5.32 Å². The van der Waals surface area contributed by atoms with E-state index in [1.807, 2.05) is 24.3 Å². The Morgan fingerprint density at radius 2 is 2.00 bits per heavy atom. The maximum Gasteiger partial charge on any atom is 0.123 e. The third-order valence-corrected chi connectivity index (χ3v) is 4.68. The van der Waals surface area contributed by atoms with Crippen molar-refractivity contribution in [2.24, 2.45) is 0 Å². The highest BCUT2D eigenvalue weighted by Crippen LogP contribution is 2.34. The molecule has 0 radical (unpaired) electrons. The predicted molar refractivity (Wildman–Crippen MR) is 85.8 cm³/mol. The zero-order chi connectivity index (χ0) is 14.5. The summed E-state index contributed by atoms with van der Waals surface area (Å²) in [6, 6.07) is 9.80. The molecule has 0 aliphatic carbocycles. The van der Waals surface area contributed by atoms with Crippen LogP contribution in [0.2, 0.25) is 0 Å². The van der Waals surface area contributed by atoms with Crippen LogP contribution in [0.5, 0.6) is 0 Å². The SMILES string of the molecule is CCCC(NCC)c1ccc(-c2ccc(F)cc2C)s1. The van der Waals surface area contributed by atoms with Crippen LogP contribution >= 0.6 is 11.3 Å². The summed E-state index contributed by atoms with van der Waals surface area (Å²) in [6.07, 6.45) is 2.32. The number of halogens is 1. The molecular weight excluding hydrogens is 269 g/mol. The Morgan fingerprint density at radius 3 is 2.65 bits per heavy atom. The van der Waals surface area contributed by atoms with Crippen LogP contribution < -0.4 is 5.32 Å². The van der Waals surface area contributed by atoms with Gasteiger partial charge >= 0.3 is 0 Å². The van der Waals surface area contributed by atoms with Crippen molar-refractivity contribution < 1.29 is 4.39 Å². The summed E-state index contributed by atoms with van der Waals surface area (Å²) in [7, 11) is 0. The minimum absolute atomic E-state index is 0.167. The van der Waals surface area contributed by atoms with Gasteiger partial charge in [-0.1, -0.05) is 26.3 Å². The quantitative estimate of drug-likeness (QED) is 0.760. The van der Waals surface area contributed by atoms with Gasteiger partial charge < -0.3 is 5.32 Å². The molecule has 1 nitrogen and oxygen atoms in total. The second kappa shape index (κ2) is 7.00. The predicted octanol–water partition coefficient (Wildman–Crippen LogP) is 5.31. The number of aryl methyl sites for hydroxylation is 1. The number of benzene rings is 1. The fourth-order valence-corrected chi connectivity index (χ4v) is 3.68. The molecule has 0 aliphatic rings. The first kappa shape index (κ1) is 15.2. The van der Waals surface area contributed by atoms with E-state index in [1.165, 1.54) is 22.2 Å². The van der Waals surface area contributed by atoms with Crippen LogP contribution in [0.15, 0.2) is 30.3 Å². The average Bonchev–Trinajstić information content (AvgIpc) is 2.88. The molecule has 1 aromatic heterocycles. The minimum Gasteiger partial charge on any atom is -0.310 e. The Kier molecular flexibility index (Phi) is 5.32. The standard InChI is InChI=1S/C17H22FNS/c1-4-6-15(19-5-2)17-10-9-16(20-17)14-8-7-13(18)11-12(14)3/h7-11,15,19H,4-6H2,1-3H3. The van der Waals surface area contributed by atoms with Crippen molar-refractivity contribution in [3.8, 4) is 10.4 Å². The molecule has 0 amide bonds. The molecule has 0 fully saturated rings. The molecule has 1 unspecified atom stereocenters. The third-order valence-electron chi connectivity index (χ3n) is 3.45. The second-order valence-corrected chi connectivity index (χ2v) is 6.18. The molecule has 0 bridgehead atoms. The van der Waals surface area contributed by atoms with E-state index in [2.05, 4.69) is 31.3 Å². The molecule has 1 heterocycles. The lowest BCUT2D eigenvalue weighted by molar-refractivity contribution is 0.516. The lowest BCUT2D eigenvalue weighted by Crippen LogP contribution is -2.19. The third kappa shape index (κ3) is 3.47. The van der Waals surface area contributed by atoms with Crippen LogP contribution in [0.4, 0.5) is 4.39 Å². The van der Waals surface area contributed by atoms with E-state index in [-0.39, 0.29) is 5.82 Å². The van der Waals surface area contributed by atoms with Gasteiger partial charge in [0.05, 0.1) is 0 Å². The topological polar surface area (TPSA) is 12.0 Å². The van der Waals surface area contributed by atoms with Crippen molar-refractivity contribution in [2.45, 2.75) is 39.7 Å². The maximum atomic E-state index is 13.2. The molecule has 2 aromatic rings. The van der Waals surface area contributed by atoms with E-state index >= 15 is 0 Å². The van der Waals surface area contributed by atoms with Gasteiger partial charge in [-0.2, -0.15) is 0 Å². The average molecular weight is 291 g/mol. The molecular formula is C17H22FNS. The molecule has 0 aliphatic heterocycles. The summed E-state index contributed by atoms with van der Waals surface area (Å²) in [4.78, 5) is 2.59. The molecule has 1 aromatic carbocycles. The number of hydrogen-bond donors (Lipinski definition) is 1. The van der Waals surface area contributed by atoms with Crippen LogP contribution in [-0.4, -0.2) is 6.54 Å². The van der Waals surface area contributed by atoms with Gasteiger partial charge in [0.15, 0.2) is 0 Å². The van der Waals surface area contributed by atoms with Gasteiger partial charge in [-0.25, -0.2) is 4.39 Å². The fourth-order valence-electron chi connectivity index (χ4n) is 2.47. The van der Waals surface area contributed by atoms with Crippen molar-refractivity contribution >= 4 is 11.3 Å². The summed E-state index contributed by atoms with van der Waals surface area (Å²) in [6.45, 7) is 7.30. The smallest absolute Gasteiger partial charge is 0.123 e. The van der Waals surface area contributed by atoms with Gasteiger partial charge in [0.2, 0.25) is 0 Å².